The zero-order chi connectivity index (χ0) is 19.3. The van der Waals surface area contributed by atoms with Crippen LogP contribution in [0.5, 0.6) is 0 Å². The Kier molecular flexibility index (Phi) is 4.63. The standard InChI is InChI=1S/C18H19BrF2N2O2S/c1-17(14-7-6-13(20)9-15(14)21)10-26(24,25)18(2,16(22)23-17)11-4-3-5-12(19)8-11/h5-9H,3-4,10H2,1-2H3,(H2,22,23)/t17-,18+/m0/s1. The molecule has 8 heteroatoms. The van der Waals surface area contributed by atoms with E-state index < -0.39 is 37.5 Å². The van der Waals surface area contributed by atoms with Crippen LogP contribution in [0, 0.1) is 11.6 Å². The van der Waals surface area contributed by atoms with Gasteiger partial charge in [0.15, 0.2) is 9.84 Å². The summed E-state index contributed by atoms with van der Waals surface area (Å²) in [5.74, 6) is -2.08. The molecule has 140 valence electrons. The Labute approximate surface area is 159 Å². The molecule has 0 saturated carbocycles. The van der Waals surface area contributed by atoms with Gasteiger partial charge in [-0.1, -0.05) is 28.1 Å². The number of rotatable bonds is 2. The first-order valence-electron chi connectivity index (χ1n) is 8.10. The lowest BCUT2D eigenvalue weighted by Crippen LogP contribution is -2.57. The fourth-order valence-corrected chi connectivity index (χ4v) is 6.23. The number of sulfone groups is 1. The van der Waals surface area contributed by atoms with Gasteiger partial charge >= 0.3 is 0 Å². The van der Waals surface area contributed by atoms with Gasteiger partial charge in [-0.2, -0.15) is 0 Å². The van der Waals surface area contributed by atoms with Crippen molar-refractivity contribution in [2.45, 2.75) is 37.0 Å². The largest absolute Gasteiger partial charge is 0.386 e. The van der Waals surface area contributed by atoms with Gasteiger partial charge in [0.05, 0.1) is 5.75 Å². The van der Waals surface area contributed by atoms with Crippen LogP contribution in [0.4, 0.5) is 8.78 Å². The highest BCUT2D eigenvalue weighted by Crippen LogP contribution is 2.43. The summed E-state index contributed by atoms with van der Waals surface area (Å²) in [5.41, 5.74) is 5.40. The van der Waals surface area contributed by atoms with Crippen molar-refractivity contribution in [1.29, 1.82) is 0 Å². The zero-order valence-corrected chi connectivity index (χ0v) is 16.8. The third-order valence-corrected chi connectivity index (χ3v) is 8.35. The van der Waals surface area contributed by atoms with Crippen LogP contribution in [0.15, 0.2) is 45.4 Å². The van der Waals surface area contributed by atoms with Gasteiger partial charge in [0.1, 0.15) is 27.8 Å². The normalized spacial score (nSPS) is 31.0. The molecule has 0 bridgehead atoms. The molecule has 26 heavy (non-hydrogen) atoms. The van der Waals surface area contributed by atoms with E-state index >= 15 is 0 Å². The molecule has 2 atom stereocenters. The summed E-state index contributed by atoms with van der Waals surface area (Å²) in [6.45, 7) is 3.04. The van der Waals surface area contributed by atoms with E-state index in [-0.39, 0.29) is 11.4 Å². The van der Waals surface area contributed by atoms with Crippen molar-refractivity contribution < 1.29 is 17.2 Å². The average molecular weight is 445 g/mol. The van der Waals surface area contributed by atoms with Crippen LogP contribution in [-0.4, -0.2) is 24.8 Å². The first kappa shape index (κ1) is 19.2. The van der Waals surface area contributed by atoms with Crippen LogP contribution in [0.3, 0.4) is 0 Å². The summed E-state index contributed by atoms with van der Waals surface area (Å²) in [5, 5.41) is 0. The van der Waals surface area contributed by atoms with E-state index in [0.29, 0.717) is 18.4 Å². The second-order valence-corrected chi connectivity index (χ2v) is 10.2. The molecule has 3 rings (SSSR count). The van der Waals surface area contributed by atoms with Crippen molar-refractivity contribution in [1.82, 2.24) is 0 Å². The van der Waals surface area contributed by atoms with E-state index in [1.54, 1.807) is 13.0 Å². The lowest BCUT2D eigenvalue weighted by atomic mass is 9.89. The molecule has 4 nitrogen and oxygen atoms in total. The van der Waals surface area contributed by atoms with Gasteiger partial charge in [-0.15, -0.1) is 0 Å². The van der Waals surface area contributed by atoms with Crippen LogP contribution in [-0.2, 0) is 15.4 Å². The molecule has 0 saturated heterocycles. The minimum absolute atomic E-state index is 0.00572. The smallest absolute Gasteiger partial charge is 0.169 e. The van der Waals surface area contributed by atoms with Gasteiger partial charge in [0, 0.05) is 16.1 Å². The molecule has 2 N–H and O–H groups in total. The lowest BCUT2D eigenvalue weighted by molar-refractivity contribution is 0.472. The van der Waals surface area contributed by atoms with Crippen molar-refractivity contribution in [3.63, 3.8) is 0 Å². The van der Waals surface area contributed by atoms with Gasteiger partial charge in [0.25, 0.3) is 0 Å². The van der Waals surface area contributed by atoms with Gasteiger partial charge in [-0.05, 0) is 44.4 Å². The minimum atomic E-state index is -3.81. The number of amidine groups is 1. The number of nitrogens with two attached hydrogens (primary N) is 1. The summed E-state index contributed by atoms with van der Waals surface area (Å²) < 4.78 is 53.4. The Bertz CT molecular complexity index is 971. The highest BCUT2D eigenvalue weighted by molar-refractivity contribution is 9.11. The van der Waals surface area contributed by atoms with E-state index in [2.05, 4.69) is 20.9 Å². The van der Waals surface area contributed by atoms with Crippen molar-refractivity contribution >= 4 is 31.6 Å². The molecule has 2 aliphatic rings. The fourth-order valence-electron chi connectivity index (χ4n) is 3.55. The van der Waals surface area contributed by atoms with Crippen LogP contribution >= 0.6 is 15.9 Å². The molecule has 1 aromatic rings. The number of hydrogen-bond donors (Lipinski definition) is 1. The molecule has 0 amide bonds. The number of nitrogens with zero attached hydrogens (tertiary/aromatic N) is 1. The molecule has 0 aromatic heterocycles. The molecular formula is C18H19BrF2N2O2S. The van der Waals surface area contributed by atoms with Crippen LogP contribution in [0.1, 0.15) is 32.3 Å². The lowest BCUT2D eigenvalue weighted by Gasteiger charge is -2.41. The highest BCUT2D eigenvalue weighted by atomic mass is 79.9. The predicted molar refractivity (Wildman–Crippen MR) is 102 cm³/mol. The Morgan fingerprint density at radius 1 is 1.27 bits per heavy atom. The second-order valence-electron chi connectivity index (χ2n) is 6.98. The van der Waals surface area contributed by atoms with Crippen LogP contribution in [0.25, 0.3) is 0 Å². The first-order valence-corrected chi connectivity index (χ1v) is 10.5. The molecule has 0 fully saturated rings. The molecule has 0 unspecified atom stereocenters. The zero-order valence-electron chi connectivity index (χ0n) is 14.4. The summed E-state index contributed by atoms with van der Waals surface area (Å²) in [7, 11) is -3.81. The molecule has 1 aliphatic carbocycles. The monoisotopic (exact) mass is 444 g/mol. The maximum Gasteiger partial charge on any atom is 0.169 e. The predicted octanol–water partition coefficient (Wildman–Crippen LogP) is 3.72. The topological polar surface area (TPSA) is 72.5 Å². The van der Waals surface area contributed by atoms with Gasteiger partial charge in [-0.25, -0.2) is 17.2 Å². The Morgan fingerprint density at radius 3 is 2.54 bits per heavy atom. The van der Waals surface area contributed by atoms with E-state index in [1.165, 1.54) is 13.0 Å². The van der Waals surface area contributed by atoms with E-state index in [0.717, 1.165) is 16.6 Å². The maximum atomic E-state index is 14.3. The van der Waals surface area contributed by atoms with E-state index in [4.69, 9.17) is 5.73 Å². The number of aliphatic imine (C=N–C) groups is 1. The third-order valence-electron chi connectivity index (χ3n) is 5.14. The quantitative estimate of drug-likeness (QED) is 0.754. The Morgan fingerprint density at radius 2 is 1.96 bits per heavy atom. The molecule has 0 spiro atoms. The fraction of sp³-hybridized carbons (Fsp3) is 0.389. The third kappa shape index (κ3) is 2.93. The number of halogens is 3. The second kappa shape index (κ2) is 6.27. The SMILES string of the molecule is C[C@@]1(C2=CC(Br)=CCC2)C(N)=N[C@](C)(c2ccc(F)cc2F)CS1(=O)=O. The van der Waals surface area contributed by atoms with Gasteiger partial charge in [0.2, 0.25) is 0 Å². The van der Waals surface area contributed by atoms with Crippen molar-refractivity contribution in [3.8, 4) is 0 Å². The highest BCUT2D eigenvalue weighted by Gasteiger charge is 2.54. The summed E-state index contributed by atoms with van der Waals surface area (Å²) in [6, 6.07) is 3.03. The molecule has 1 aromatic carbocycles. The molecule has 1 aliphatic heterocycles. The van der Waals surface area contributed by atoms with Gasteiger partial charge in [-0.3, -0.25) is 4.99 Å². The van der Waals surface area contributed by atoms with Crippen LogP contribution < -0.4 is 5.73 Å². The first-order chi connectivity index (χ1) is 12.0. The van der Waals surface area contributed by atoms with Crippen molar-refractivity contribution in [2.75, 3.05) is 5.75 Å². The Hall–Kier alpha value is -1.54. The summed E-state index contributed by atoms with van der Waals surface area (Å²) in [4.78, 5) is 4.40. The van der Waals surface area contributed by atoms with Gasteiger partial charge < -0.3 is 5.73 Å². The summed E-state index contributed by atoms with van der Waals surface area (Å²) in [6.07, 6.45) is 4.94. The molecular weight excluding hydrogens is 426 g/mol. The van der Waals surface area contributed by atoms with Crippen molar-refractivity contribution in [3.05, 3.63) is 57.6 Å². The molecule has 0 radical (unpaired) electrons. The average Bonchev–Trinajstić information content (AvgIpc) is 2.51. The number of hydrogen-bond acceptors (Lipinski definition) is 4. The number of benzene rings is 1. The van der Waals surface area contributed by atoms with E-state index in [1.807, 2.05) is 6.08 Å². The summed E-state index contributed by atoms with van der Waals surface area (Å²) >= 11 is 3.38. The number of allylic oxidation sites excluding steroid dienone is 3. The van der Waals surface area contributed by atoms with Crippen molar-refractivity contribution in [2.24, 2.45) is 10.7 Å². The van der Waals surface area contributed by atoms with E-state index in [9.17, 15) is 17.2 Å². The minimum Gasteiger partial charge on any atom is -0.386 e. The van der Waals surface area contributed by atoms with Crippen LogP contribution in [0.2, 0.25) is 0 Å². The molecule has 1 heterocycles. The maximum absolute atomic E-state index is 14.3. The Balaban J connectivity index is 2.17.